The van der Waals surface area contributed by atoms with Crippen LogP contribution in [0.2, 0.25) is 0 Å². The fraction of sp³-hybridized carbons (Fsp3) is 0.467. The van der Waals surface area contributed by atoms with Gasteiger partial charge in [-0.25, -0.2) is 4.79 Å². The van der Waals surface area contributed by atoms with E-state index in [4.69, 9.17) is 0 Å². The summed E-state index contributed by atoms with van der Waals surface area (Å²) in [4.78, 5) is 25.6. The number of urea groups is 1. The molecule has 3 amide bonds. The summed E-state index contributed by atoms with van der Waals surface area (Å²) >= 11 is 0. The molecule has 2 rings (SSSR count). The van der Waals surface area contributed by atoms with E-state index in [9.17, 15) is 9.59 Å². The van der Waals surface area contributed by atoms with Crippen LogP contribution in [0, 0.1) is 13.8 Å². The number of carbonyl (C=O) groups is 2. The summed E-state index contributed by atoms with van der Waals surface area (Å²) in [7, 11) is 0. The van der Waals surface area contributed by atoms with Gasteiger partial charge in [-0.05, 0) is 50.5 Å². The van der Waals surface area contributed by atoms with Gasteiger partial charge in [0.25, 0.3) is 0 Å². The molecule has 1 heterocycles. The van der Waals surface area contributed by atoms with E-state index in [1.165, 1.54) is 5.56 Å². The highest BCUT2D eigenvalue weighted by molar-refractivity contribution is 6.01. The lowest BCUT2D eigenvalue weighted by Gasteiger charge is -2.18. The highest BCUT2D eigenvalue weighted by Gasteiger charge is 2.33. The van der Waals surface area contributed by atoms with E-state index >= 15 is 0 Å². The van der Waals surface area contributed by atoms with Gasteiger partial charge in [0, 0.05) is 18.8 Å². The molecule has 0 aromatic heterocycles. The van der Waals surface area contributed by atoms with Crippen molar-refractivity contribution in [2.45, 2.75) is 33.2 Å². The first-order chi connectivity index (χ1) is 9.52. The van der Waals surface area contributed by atoms with Gasteiger partial charge in [-0.15, -0.1) is 0 Å². The maximum atomic E-state index is 12.3. The van der Waals surface area contributed by atoms with Gasteiger partial charge in [0.1, 0.15) is 6.04 Å². The lowest BCUT2D eigenvalue weighted by atomic mass is 10.1. The first kappa shape index (κ1) is 14.4. The Morgan fingerprint density at radius 2 is 2.10 bits per heavy atom. The van der Waals surface area contributed by atoms with Crippen LogP contribution in [-0.2, 0) is 4.79 Å². The standard InChI is InChI=1S/C15H21N3O2/c1-4-16-15(20)17-13-7-8-18(14(13)19)12-6-5-10(2)11(3)9-12/h5-6,9,13H,4,7-8H2,1-3H3,(H2,16,17,20)/t13-/m1/s1. The van der Waals surface area contributed by atoms with Gasteiger partial charge >= 0.3 is 6.03 Å². The third-order valence-electron chi connectivity index (χ3n) is 3.65. The lowest BCUT2D eigenvalue weighted by Crippen LogP contribution is -2.46. The Balaban J connectivity index is 2.07. The predicted octanol–water partition coefficient (Wildman–Crippen LogP) is 1.73. The van der Waals surface area contributed by atoms with Gasteiger partial charge in [-0.3, -0.25) is 4.79 Å². The van der Waals surface area contributed by atoms with E-state index in [1.807, 2.05) is 39.0 Å². The Kier molecular flexibility index (Phi) is 4.27. The van der Waals surface area contributed by atoms with Crippen molar-refractivity contribution in [2.24, 2.45) is 0 Å². The number of benzene rings is 1. The van der Waals surface area contributed by atoms with Crippen LogP contribution in [0.1, 0.15) is 24.5 Å². The monoisotopic (exact) mass is 275 g/mol. The van der Waals surface area contributed by atoms with E-state index < -0.39 is 6.04 Å². The van der Waals surface area contributed by atoms with Crippen molar-refractivity contribution in [1.29, 1.82) is 0 Å². The second-order valence-corrected chi connectivity index (χ2v) is 5.10. The van der Waals surface area contributed by atoms with Crippen molar-refractivity contribution in [3.8, 4) is 0 Å². The smallest absolute Gasteiger partial charge is 0.315 e. The van der Waals surface area contributed by atoms with Crippen LogP contribution in [0.25, 0.3) is 0 Å². The second-order valence-electron chi connectivity index (χ2n) is 5.10. The largest absolute Gasteiger partial charge is 0.338 e. The molecular formula is C15H21N3O2. The molecule has 1 aromatic rings. The predicted molar refractivity (Wildman–Crippen MR) is 78.9 cm³/mol. The first-order valence-electron chi connectivity index (χ1n) is 6.96. The van der Waals surface area contributed by atoms with Gasteiger partial charge in [-0.2, -0.15) is 0 Å². The van der Waals surface area contributed by atoms with Crippen LogP contribution >= 0.6 is 0 Å². The first-order valence-corrected chi connectivity index (χ1v) is 6.96. The Bertz CT molecular complexity index is 528. The van der Waals surface area contributed by atoms with Gasteiger partial charge in [0.15, 0.2) is 0 Å². The third kappa shape index (κ3) is 2.92. The molecule has 0 bridgehead atoms. The van der Waals surface area contributed by atoms with Crippen LogP contribution in [0.4, 0.5) is 10.5 Å². The fourth-order valence-electron chi connectivity index (χ4n) is 2.33. The topological polar surface area (TPSA) is 61.4 Å². The molecule has 0 radical (unpaired) electrons. The Morgan fingerprint density at radius 1 is 1.35 bits per heavy atom. The normalized spacial score (nSPS) is 18.2. The summed E-state index contributed by atoms with van der Waals surface area (Å²) in [6.07, 6.45) is 0.642. The molecule has 1 atom stereocenters. The van der Waals surface area contributed by atoms with Gasteiger partial charge < -0.3 is 15.5 Å². The average Bonchev–Trinajstić information content (AvgIpc) is 2.75. The minimum atomic E-state index is -0.428. The Labute approximate surface area is 119 Å². The molecule has 20 heavy (non-hydrogen) atoms. The number of nitrogens with one attached hydrogen (secondary N) is 2. The average molecular weight is 275 g/mol. The highest BCUT2D eigenvalue weighted by atomic mass is 16.2. The second kappa shape index (κ2) is 5.94. The molecule has 5 heteroatoms. The van der Waals surface area contributed by atoms with Gasteiger partial charge in [0.2, 0.25) is 5.91 Å². The SMILES string of the molecule is CCNC(=O)N[C@@H]1CCN(c2ccc(C)c(C)c2)C1=O. The summed E-state index contributed by atoms with van der Waals surface area (Å²) in [6.45, 7) is 7.11. The molecule has 1 saturated heterocycles. The Hall–Kier alpha value is -2.04. The van der Waals surface area contributed by atoms with Gasteiger partial charge in [0.05, 0.1) is 0 Å². The van der Waals surface area contributed by atoms with Crippen LogP contribution < -0.4 is 15.5 Å². The molecule has 0 saturated carbocycles. The summed E-state index contributed by atoms with van der Waals surface area (Å²) < 4.78 is 0. The Morgan fingerprint density at radius 3 is 2.75 bits per heavy atom. The van der Waals surface area contributed by atoms with Crippen molar-refractivity contribution in [2.75, 3.05) is 18.0 Å². The van der Waals surface area contributed by atoms with Crippen molar-refractivity contribution in [1.82, 2.24) is 10.6 Å². The number of aryl methyl sites for hydroxylation is 2. The molecule has 1 aliphatic heterocycles. The molecule has 108 valence electrons. The number of hydrogen-bond donors (Lipinski definition) is 2. The molecule has 2 N–H and O–H groups in total. The molecular weight excluding hydrogens is 254 g/mol. The summed E-state index contributed by atoms with van der Waals surface area (Å²) in [5, 5.41) is 5.36. The van der Waals surface area contributed by atoms with Crippen molar-refractivity contribution in [3.63, 3.8) is 0 Å². The maximum absolute atomic E-state index is 12.3. The lowest BCUT2D eigenvalue weighted by molar-refractivity contribution is -0.118. The van der Waals surface area contributed by atoms with Crippen LogP contribution in [0.5, 0.6) is 0 Å². The number of rotatable bonds is 3. The maximum Gasteiger partial charge on any atom is 0.315 e. The number of nitrogens with zero attached hydrogens (tertiary/aromatic N) is 1. The molecule has 0 aliphatic carbocycles. The molecule has 0 spiro atoms. The molecule has 1 fully saturated rings. The van der Waals surface area contributed by atoms with E-state index in [0.717, 1.165) is 11.3 Å². The van der Waals surface area contributed by atoms with Crippen LogP contribution in [0.15, 0.2) is 18.2 Å². The number of carbonyl (C=O) groups excluding carboxylic acids is 2. The minimum Gasteiger partial charge on any atom is -0.338 e. The van der Waals surface area contributed by atoms with Crippen LogP contribution in [0.3, 0.4) is 0 Å². The molecule has 5 nitrogen and oxygen atoms in total. The van der Waals surface area contributed by atoms with Crippen LogP contribution in [-0.4, -0.2) is 31.1 Å². The zero-order valence-electron chi connectivity index (χ0n) is 12.2. The summed E-state index contributed by atoms with van der Waals surface area (Å²) in [5.74, 6) is -0.0421. The van der Waals surface area contributed by atoms with E-state index in [1.54, 1.807) is 4.90 Å². The molecule has 1 aliphatic rings. The number of anilines is 1. The zero-order chi connectivity index (χ0) is 14.7. The molecule has 1 aromatic carbocycles. The summed E-state index contributed by atoms with van der Waals surface area (Å²) in [6, 6.07) is 5.27. The van der Waals surface area contributed by atoms with E-state index in [2.05, 4.69) is 10.6 Å². The third-order valence-corrected chi connectivity index (χ3v) is 3.65. The zero-order valence-corrected chi connectivity index (χ0v) is 12.2. The number of amides is 3. The highest BCUT2D eigenvalue weighted by Crippen LogP contribution is 2.23. The fourth-order valence-corrected chi connectivity index (χ4v) is 2.33. The van der Waals surface area contributed by atoms with E-state index in [-0.39, 0.29) is 11.9 Å². The minimum absolute atomic E-state index is 0.0421. The van der Waals surface area contributed by atoms with Crippen molar-refractivity contribution >= 4 is 17.6 Å². The quantitative estimate of drug-likeness (QED) is 0.882. The molecule has 0 unspecified atom stereocenters. The summed E-state index contributed by atoms with van der Waals surface area (Å²) in [5.41, 5.74) is 3.27. The van der Waals surface area contributed by atoms with Crippen molar-refractivity contribution in [3.05, 3.63) is 29.3 Å². The van der Waals surface area contributed by atoms with Crippen molar-refractivity contribution < 1.29 is 9.59 Å². The van der Waals surface area contributed by atoms with E-state index in [0.29, 0.717) is 19.5 Å². The number of hydrogen-bond acceptors (Lipinski definition) is 2. The van der Waals surface area contributed by atoms with Gasteiger partial charge in [-0.1, -0.05) is 6.07 Å².